The fourth-order valence-electron chi connectivity index (χ4n) is 1.34. The monoisotopic (exact) mass is 199 g/mol. The molecule has 0 saturated carbocycles. The molecule has 0 radical (unpaired) electrons. The number of benzene rings is 1. The van der Waals surface area contributed by atoms with Gasteiger partial charge in [0.15, 0.2) is 0 Å². The molecule has 3 nitrogen and oxygen atoms in total. The first-order valence-corrected chi connectivity index (χ1v) is 4.49. The Morgan fingerprint density at radius 1 is 1.07 bits per heavy atom. The molecule has 1 aromatic heterocycles. The highest BCUT2D eigenvalue weighted by molar-refractivity contribution is 5.76. The topological polar surface area (TPSA) is 50.2 Å². The van der Waals surface area contributed by atoms with E-state index in [-0.39, 0.29) is 5.75 Å². The Hall–Kier alpha value is -2.16. The first-order valence-electron chi connectivity index (χ1n) is 4.49. The Morgan fingerprint density at radius 3 is 2.40 bits per heavy atom. The number of aldehydes is 1. The van der Waals surface area contributed by atoms with Crippen LogP contribution in [0.4, 0.5) is 0 Å². The van der Waals surface area contributed by atoms with Gasteiger partial charge < -0.3 is 5.11 Å². The molecule has 0 aliphatic carbocycles. The normalized spacial score (nSPS) is 9.87. The maximum Gasteiger partial charge on any atom is 0.150 e. The molecule has 15 heavy (non-hydrogen) atoms. The lowest BCUT2D eigenvalue weighted by Crippen LogP contribution is -1.82. The molecular formula is C12H9NO2. The van der Waals surface area contributed by atoms with Crippen molar-refractivity contribution in [2.75, 3.05) is 0 Å². The van der Waals surface area contributed by atoms with E-state index >= 15 is 0 Å². The van der Waals surface area contributed by atoms with Gasteiger partial charge in [-0.2, -0.15) is 0 Å². The Morgan fingerprint density at radius 2 is 1.80 bits per heavy atom. The van der Waals surface area contributed by atoms with Crippen molar-refractivity contribution in [3.05, 3.63) is 48.3 Å². The highest BCUT2D eigenvalue weighted by atomic mass is 16.3. The number of carbonyl (C=O) groups excluding carboxylic acids is 1. The molecule has 1 heterocycles. The van der Waals surface area contributed by atoms with Crippen LogP contribution >= 0.6 is 0 Å². The van der Waals surface area contributed by atoms with Crippen LogP contribution < -0.4 is 0 Å². The van der Waals surface area contributed by atoms with Gasteiger partial charge in [0.1, 0.15) is 12.0 Å². The van der Waals surface area contributed by atoms with Crippen molar-refractivity contribution in [1.29, 1.82) is 0 Å². The minimum atomic E-state index is 0.131. The van der Waals surface area contributed by atoms with Crippen LogP contribution in [0.25, 0.3) is 11.1 Å². The van der Waals surface area contributed by atoms with E-state index in [2.05, 4.69) is 4.98 Å². The van der Waals surface area contributed by atoms with Gasteiger partial charge in [-0.05, 0) is 11.6 Å². The first kappa shape index (κ1) is 9.40. The minimum absolute atomic E-state index is 0.131. The molecule has 0 aliphatic rings. The molecule has 2 aromatic rings. The lowest BCUT2D eigenvalue weighted by atomic mass is 10.1. The minimum Gasteiger partial charge on any atom is -0.506 e. The summed E-state index contributed by atoms with van der Waals surface area (Å²) in [5.41, 5.74) is 2.38. The SMILES string of the molecule is O=Cc1ccc(-c2cncc(O)c2)cc1. The van der Waals surface area contributed by atoms with Crippen LogP contribution in [0.2, 0.25) is 0 Å². The summed E-state index contributed by atoms with van der Waals surface area (Å²) in [6.45, 7) is 0. The van der Waals surface area contributed by atoms with E-state index in [0.29, 0.717) is 5.56 Å². The molecule has 0 atom stereocenters. The van der Waals surface area contributed by atoms with Crippen molar-refractivity contribution in [3.8, 4) is 16.9 Å². The van der Waals surface area contributed by atoms with E-state index in [9.17, 15) is 9.90 Å². The van der Waals surface area contributed by atoms with Crippen molar-refractivity contribution in [3.63, 3.8) is 0 Å². The predicted octanol–water partition coefficient (Wildman–Crippen LogP) is 2.27. The average molecular weight is 199 g/mol. The number of aromatic hydroxyl groups is 1. The second kappa shape index (κ2) is 3.92. The molecule has 0 saturated heterocycles. The summed E-state index contributed by atoms with van der Waals surface area (Å²) in [5, 5.41) is 9.26. The van der Waals surface area contributed by atoms with E-state index < -0.39 is 0 Å². The zero-order valence-electron chi connectivity index (χ0n) is 7.92. The second-order valence-corrected chi connectivity index (χ2v) is 3.17. The van der Waals surface area contributed by atoms with Crippen molar-refractivity contribution in [2.45, 2.75) is 0 Å². The highest BCUT2D eigenvalue weighted by Gasteiger charge is 1.99. The largest absolute Gasteiger partial charge is 0.506 e. The number of carbonyl (C=O) groups is 1. The van der Waals surface area contributed by atoms with Crippen LogP contribution in [0.1, 0.15) is 10.4 Å². The fourth-order valence-corrected chi connectivity index (χ4v) is 1.34. The number of hydrogen-bond acceptors (Lipinski definition) is 3. The van der Waals surface area contributed by atoms with Gasteiger partial charge in [0.2, 0.25) is 0 Å². The van der Waals surface area contributed by atoms with Crippen molar-refractivity contribution in [1.82, 2.24) is 4.98 Å². The predicted molar refractivity (Wildman–Crippen MR) is 56.7 cm³/mol. The summed E-state index contributed by atoms with van der Waals surface area (Å²) in [4.78, 5) is 14.3. The maximum absolute atomic E-state index is 10.5. The summed E-state index contributed by atoms with van der Waals surface area (Å²) in [6.07, 6.45) is 3.84. The number of nitrogens with zero attached hydrogens (tertiary/aromatic N) is 1. The lowest BCUT2D eigenvalue weighted by molar-refractivity contribution is 0.112. The Kier molecular flexibility index (Phi) is 2.46. The molecule has 0 unspecified atom stereocenters. The van der Waals surface area contributed by atoms with E-state index in [4.69, 9.17) is 0 Å². The van der Waals surface area contributed by atoms with Crippen LogP contribution in [0.15, 0.2) is 42.7 Å². The third kappa shape index (κ3) is 2.02. The second-order valence-electron chi connectivity index (χ2n) is 3.17. The molecule has 1 aromatic carbocycles. The molecule has 0 aliphatic heterocycles. The van der Waals surface area contributed by atoms with Crippen LogP contribution in [-0.4, -0.2) is 16.4 Å². The van der Waals surface area contributed by atoms with Crippen molar-refractivity contribution < 1.29 is 9.90 Å². The molecule has 0 fully saturated rings. The molecule has 0 spiro atoms. The zero-order valence-corrected chi connectivity index (χ0v) is 7.92. The maximum atomic E-state index is 10.5. The number of aromatic nitrogens is 1. The van der Waals surface area contributed by atoms with E-state index in [1.165, 1.54) is 6.20 Å². The van der Waals surface area contributed by atoms with Gasteiger partial charge >= 0.3 is 0 Å². The van der Waals surface area contributed by atoms with Gasteiger partial charge in [-0.1, -0.05) is 24.3 Å². The number of pyridine rings is 1. The average Bonchev–Trinajstić information content (AvgIpc) is 2.29. The Balaban J connectivity index is 2.41. The van der Waals surface area contributed by atoms with Crippen LogP contribution in [0.3, 0.4) is 0 Å². The molecule has 1 N–H and O–H groups in total. The van der Waals surface area contributed by atoms with Gasteiger partial charge in [-0.3, -0.25) is 9.78 Å². The standard InChI is InChI=1S/C12H9NO2/c14-8-9-1-3-10(4-2-9)11-5-12(15)7-13-6-11/h1-8,15H. The summed E-state index contributed by atoms with van der Waals surface area (Å²) in [5.74, 6) is 0.131. The first-order chi connectivity index (χ1) is 7.29. The van der Waals surface area contributed by atoms with Crippen LogP contribution in [-0.2, 0) is 0 Å². The van der Waals surface area contributed by atoms with Crippen molar-refractivity contribution in [2.24, 2.45) is 0 Å². The molecule has 3 heteroatoms. The van der Waals surface area contributed by atoms with Gasteiger partial charge in [0, 0.05) is 17.3 Å². The Labute approximate surface area is 87.0 Å². The molecule has 74 valence electrons. The number of rotatable bonds is 2. The quantitative estimate of drug-likeness (QED) is 0.755. The van der Waals surface area contributed by atoms with Crippen LogP contribution in [0, 0.1) is 0 Å². The summed E-state index contributed by atoms with van der Waals surface area (Å²) >= 11 is 0. The van der Waals surface area contributed by atoms with Gasteiger partial charge in [-0.25, -0.2) is 0 Å². The highest BCUT2D eigenvalue weighted by Crippen LogP contribution is 2.21. The van der Waals surface area contributed by atoms with Gasteiger partial charge in [0.05, 0.1) is 6.20 Å². The smallest absolute Gasteiger partial charge is 0.150 e. The van der Waals surface area contributed by atoms with Gasteiger partial charge in [0.25, 0.3) is 0 Å². The van der Waals surface area contributed by atoms with E-state index in [0.717, 1.165) is 17.4 Å². The third-order valence-electron chi connectivity index (χ3n) is 2.10. The number of hydrogen-bond donors (Lipinski definition) is 1. The van der Waals surface area contributed by atoms with E-state index in [1.54, 1.807) is 24.4 Å². The fraction of sp³-hybridized carbons (Fsp3) is 0. The Bertz CT molecular complexity index is 477. The summed E-state index contributed by atoms with van der Waals surface area (Å²) in [7, 11) is 0. The van der Waals surface area contributed by atoms with Gasteiger partial charge in [-0.15, -0.1) is 0 Å². The molecular weight excluding hydrogens is 190 g/mol. The van der Waals surface area contributed by atoms with Crippen LogP contribution in [0.5, 0.6) is 5.75 Å². The summed E-state index contributed by atoms with van der Waals surface area (Å²) in [6, 6.07) is 8.72. The summed E-state index contributed by atoms with van der Waals surface area (Å²) < 4.78 is 0. The van der Waals surface area contributed by atoms with Crippen molar-refractivity contribution >= 4 is 6.29 Å². The zero-order chi connectivity index (χ0) is 10.7. The molecule has 0 bridgehead atoms. The lowest BCUT2D eigenvalue weighted by Gasteiger charge is -2.01. The third-order valence-corrected chi connectivity index (χ3v) is 2.10. The molecule has 0 amide bonds. The van der Waals surface area contributed by atoms with E-state index in [1.807, 2.05) is 12.1 Å². The molecule has 2 rings (SSSR count).